The Morgan fingerprint density at radius 2 is 2.24 bits per heavy atom. The van der Waals surface area contributed by atoms with Crippen LogP contribution >= 0.6 is 0 Å². The summed E-state index contributed by atoms with van der Waals surface area (Å²) in [7, 11) is 0. The second-order valence-corrected chi connectivity index (χ2v) is 4.75. The van der Waals surface area contributed by atoms with Gasteiger partial charge >= 0.3 is 0 Å². The van der Waals surface area contributed by atoms with Crippen LogP contribution in [0.2, 0.25) is 0 Å². The molecule has 0 bridgehead atoms. The van der Waals surface area contributed by atoms with Crippen LogP contribution < -0.4 is 10.6 Å². The molecule has 1 atom stereocenters. The van der Waals surface area contributed by atoms with Gasteiger partial charge in [0.2, 0.25) is 5.91 Å². The molecule has 0 aliphatic carbocycles. The second-order valence-electron chi connectivity index (χ2n) is 4.75. The first kappa shape index (κ1) is 12.8. The molecule has 0 aromatic heterocycles. The van der Waals surface area contributed by atoms with E-state index in [1.165, 1.54) is 0 Å². The number of hydrogen-bond donors (Lipinski definition) is 2. The zero-order valence-electron chi connectivity index (χ0n) is 10.4. The van der Waals surface area contributed by atoms with E-state index in [-0.39, 0.29) is 11.9 Å². The van der Waals surface area contributed by atoms with E-state index < -0.39 is 0 Å². The molecular formula is C12H23N3O2. The fraction of sp³-hybridized carbons (Fsp3) is 0.917. The summed E-state index contributed by atoms with van der Waals surface area (Å²) in [5.74, 6) is 0.171. The van der Waals surface area contributed by atoms with Crippen LogP contribution in [0.1, 0.15) is 19.3 Å². The number of nitrogens with one attached hydrogen (secondary N) is 2. The third-order valence-corrected chi connectivity index (χ3v) is 3.43. The molecule has 2 aliphatic heterocycles. The third kappa shape index (κ3) is 4.26. The molecule has 2 saturated heterocycles. The molecule has 2 fully saturated rings. The van der Waals surface area contributed by atoms with Gasteiger partial charge in [0.15, 0.2) is 0 Å². The number of nitrogens with zero attached hydrogens (tertiary/aromatic N) is 1. The van der Waals surface area contributed by atoms with Gasteiger partial charge in [0.1, 0.15) is 0 Å². The van der Waals surface area contributed by atoms with Crippen molar-refractivity contribution < 1.29 is 9.53 Å². The van der Waals surface area contributed by atoms with Crippen LogP contribution in [0.25, 0.3) is 0 Å². The minimum Gasteiger partial charge on any atom is -0.379 e. The van der Waals surface area contributed by atoms with Crippen LogP contribution in [0.15, 0.2) is 0 Å². The van der Waals surface area contributed by atoms with Gasteiger partial charge in [0, 0.05) is 19.6 Å². The number of ether oxygens (including phenoxy) is 1. The van der Waals surface area contributed by atoms with Crippen molar-refractivity contribution >= 4 is 5.91 Å². The Morgan fingerprint density at radius 3 is 2.94 bits per heavy atom. The Hall–Kier alpha value is -0.650. The highest BCUT2D eigenvalue weighted by atomic mass is 16.5. The van der Waals surface area contributed by atoms with Crippen molar-refractivity contribution in [3.8, 4) is 0 Å². The van der Waals surface area contributed by atoms with Crippen LogP contribution in [-0.4, -0.2) is 62.8 Å². The average Bonchev–Trinajstić information content (AvgIpc) is 2.89. The molecular weight excluding hydrogens is 218 g/mol. The zero-order valence-corrected chi connectivity index (χ0v) is 10.4. The number of rotatable bonds is 5. The molecule has 0 spiro atoms. The fourth-order valence-electron chi connectivity index (χ4n) is 2.37. The summed E-state index contributed by atoms with van der Waals surface area (Å²) in [6, 6.07) is 0.0541. The van der Waals surface area contributed by atoms with Crippen molar-refractivity contribution in [2.45, 2.75) is 25.3 Å². The highest BCUT2D eigenvalue weighted by Crippen LogP contribution is 2.04. The maximum Gasteiger partial charge on any atom is 0.237 e. The third-order valence-electron chi connectivity index (χ3n) is 3.43. The predicted octanol–water partition coefficient (Wildman–Crippen LogP) is -0.423. The predicted molar refractivity (Wildman–Crippen MR) is 65.9 cm³/mol. The first-order chi connectivity index (χ1) is 8.36. The molecule has 17 heavy (non-hydrogen) atoms. The summed E-state index contributed by atoms with van der Waals surface area (Å²) in [5.41, 5.74) is 0. The summed E-state index contributed by atoms with van der Waals surface area (Å²) < 4.78 is 5.29. The van der Waals surface area contributed by atoms with E-state index in [0.717, 1.165) is 65.2 Å². The van der Waals surface area contributed by atoms with Crippen molar-refractivity contribution in [1.82, 2.24) is 15.5 Å². The molecule has 0 radical (unpaired) electrons. The maximum absolute atomic E-state index is 11.7. The lowest BCUT2D eigenvalue weighted by Crippen LogP contribution is -2.42. The second kappa shape index (κ2) is 6.93. The molecule has 2 aliphatic rings. The van der Waals surface area contributed by atoms with Crippen LogP contribution in [-0.2, 0) is 9.53 Å². The Labute approximate surface area is 103 Å². The van der Waals surface area contributed by atoms with E-state index in [0.29, 0.717) is 0 Å². The van der Waals surface area contributed by atoms with E-state index in [1.54, 1.807) is 0 Å². The monoisotopic (exact) mass is 241 g/mol. The molecule has 0 saturated carbocycles. The molecule has 0 aromatic rings. The number of carbonyl (C=O) groups excluding carboxylic acids is 1. The summed E-state index contributed by atoms with van der Waals surface area (Å²) >= 11 is 0. The van der Waals surface area contributed by atoms with Gasteiger partial charge in [-0.15, -0.1) is 0 Å². The van der Waals surface area contributed by atoms with E-state index in [9.17, 15) is 4.79 Å². The van der Waals surface area contributed by atoms with E-state index in [4.69, 9.17) is 4.74 Å². The maximum atomic E-state index is 11.7. The van der Waals surface area contributed by atoms with Gasteiger partial charge in [-0.05, 0) is 32.4 Å². The van der Waals surface area contributed by atoms with Gasteiger partial charge in [-0.25, -0.2) is 0 Å². The normalized spacial score (nSPS) is 26.0. The first-order valence-electron chi connectivity index (χ1n) is 6.67. The van der Waals surface area contributed by atoms with Gasteiger partial charge in [-0.2, -0.15) is 0 Å². The summed E-state index contributed by atoms with van der Waals surface area (Å²) in [6.45, 7) is 6.56. The Balaban J connectivity index is 1.51. The molecule has 98 valence electrons. The van der Waals surface area contributed by atoms with Gasteiger partial charge in [0.25, 0.3) is 0 Å². The standard InChI is InChI=1S/C12H23N3O2/c16-12(11-3-1-4-13-11)14-5-2-6-15-7-9-17-10-8-15/h11,13H,1-10H2,(H,14,16)/t11-/m1/s1. The molecule has 5 heteroatoms. The van der Waals surface area contributed by atoms with Crippen molar-refractivity contribution in [2.75, 3.05) is 45.9 Å². The van der Waals surface area contributed by atoms with Gasteiger partial charge < -0.3 is 15.4 Å². The number of hydrogen-bond acceptors (Lipinski definition) is 4. The molecule has 2 heterocycles. The quantitative estimate of drug-likeness (QED) is 0.642. The summed E-state index contributed by atoms with van der Waals surface area (Å²) in [4.78, 5) is 14.1. The highest BCUT2D eigenvalue weighted by molar-refractivity contribution is 5.81. The zero-order chi connectivity index (χ0) is 11.9. The minimum absolute atomic E-state index is 0.0541. The Bertz CT molecular complexity index is 236. The van der Waals surface area contributed by atoms with Crippen LogP contribution in [0, 0.1) is 0 Å². The number of amides is 1. The number of carbonyl (C=O) groups is 1. The highest BCUT2D eigenvalue weighted by Gasteiger charge is 2.21. The van der Waals surface area contributed by atoms with Crippen molar-refractivity contribution in [3.63, 3.8) is 0 Å². The molecule has 0 unspecified atom stereocenters. The SMILES string of the molecule is O=C(NCCCN1CCOCC1)[C@H]1CCCN1. The summed E-state index contributed by atoms with van der Waals surface area (Å²) in [6.07, 6.45) is 3.12. The topological polar surface area (TPSA) is 53.6 Å². The van der Waals surface area contributed by atoms with E-state index >= 15 is 0 Å². The largest absolute Gasteiger partial charge is 0.379 e. The molecule has 2 rings (SSSR count). The van der Waals surface area contributed by atoms with Crippen LogP contribution in [0.3, 0.4) is 0 Å². The summed E-state index contributed by atoms with van der Waals surface area (Å²) in [5, 5.41) is 6.21. The van der Waals surface area contributed by atoms with Crippen LogP contribution in [0.4, 0.5) is 0 Å². The van der Waals surface area contributed by atoms with E-state index in [2.05, 4.69) is 15.5 Å². The lowest BCUT2D eigenvalue weighted by atomic mass is 10.2. The number of morpholine rings is 1. The Morgan fingerprint density at radius 1 is 1.41 bits per heavy atom. The van der Waals surface area contributed by atoms with Crippen LogP contribution in [0.5, 0.6) is 0 Å². The van der Waals surface area contributed by atoms with Gasteiger partial charge in [-0.3, -0.25) is 9.69 Å². The van der Waals surface area contributed by atoms with Crippen molar-refractivity contribution in [2.24, 2.45) is 0 Å². The lowest BCUT2D eigenvalue weighted by molar-refractivity contribution is -0.122. The molecule has 5 nitrogen and oxygen atoms in total. The first-order valence-corrected chi connectivity index (χ1v) is 6.67. The van der Waals surface area contributed by atoms with E-state index in [1.807, 2.05) is 0 Å². The average molecular weight is 241 g/mol. The Kier molecular flexibility index (Phi) is 5.22. The fourth-order valence-corrected chi connectivity index (χ4v) is 2.37. The molecule has 0 aromatic carbocycles. The van der Waals surface area contributed by atoms with Crippen molar-refractivity contribution in [3.05, 3.63) is 0 Å². The lowest BCUT2D eigenvalue weighted by Gasteiger charge is -2.26. The smallest absolute Gasteiger partial charge is 0.237 e. The van der Waals surface area contributed by atoms with Gasteiger partial charge in [-0.1, -0.05) is 0 Å². The minimum atomic E-state index is 0.0541. The van der Waals surface area contributed by atoms with Crippen molar-refractivity contribution in [1.29, 1.82) is 0 Å². The molecule has 2 N–H and O–H groups in total. The molecule has 1 amide bonds. The van der Waals surface area contributed by atoms with Gasteiger partial charge in [0.05, 0.1) is 19.3 Å².